The molecule has 1 unspecified atom stereocenters. The third-order valence-electron chi connectivity index (χ3n) is 2.91. The van der Waals surface area contributed by atoms with Crippen molar-refractivity contribution in [3.8, 4) is 5.75 Å². The van der Waals surface area contributed by atoms with E-state index in [-0.39, 0.29) is 17.8 Å². The highest BCUT2D eigenvalue weighted by Crippen LogP contribution is 2.27. The summed E-state index contributed by atoms with van der Waals surface area (Å²) >= 11 is 1.69. The fraction of sp³-hybridized carbons (Fsp3) is 0.429. The van der Waals surface area contributed by atoms with Crippen LogP contribution >= 0.6 is 11.8 Å². The molecule has 0 radical (unpaired) electrons. The number of esters is 1. The number of anilines is 1. The molecule has 1 aromatic carbocycles. The normalized spacial score (nSPS) is 17.6. The maximum atomic E-state index is 12.0. The highest BCUT2D eigenvalue weighted by Gasteiger charge is 2.23. The molecule has 0 spiro atoms. The van der Waals surface area contributed by atoms with Crippen LogP contribution < -0.4 is 10.1 Å². The number of benzene rings is 1. The Morgan fingerprint density at radius 1 is 1.45 bits per heavy atom. The molecule has 6 heteroatoms. The lowest BCUT2D eigenvalue weighted by molar-refractivity contribution is -0.142. The number of hydrogen-bond acceptors (Lipinski definition) is 5. The van der Waals surface area contributed by atoms with Crippen molar-refractivity contribution in [2.75, 3.05) is 24.8 Å². The van der Waals surface area contributed by atoms with Gasteiger partial charge in [-0.3, -0.25) is 4.79 Å². The van der Waals surface area contributed by atoms with Crippen molar-refractivity contribution in [1.82, 2.24) is 0 Å². The van der Waals surface area contributed by atoms with E-state index in [0.29, 0.717) is 11.4 Å². The van der Waals surface area contributed by atoms with Crippen molar-refractivity contribution in [3.63, 3.8) is 0 Å². The third-order valence-corrected chi connectivity index (χ3v) is 4.28. The van der Waals surface area contributed by atoms with Gasteiger partial charge in [-0.2, -0.15) is 0 Å². The molecule has 0 aliphatic carbocycles. The zero-order valence-electron chi connectivity index (χ0n) is 11.3. The largest absolute Gasteiger partial charge is 0.482 e. The number of amides is 1. The molecule has 0 aromatic heterocycles. The Bertz CT molecular complexity index is 486. The molecular formula is C14H17NO4S. The first kappa shape index (κ1) is 14.7. The molecule has 1 heterocycles. The molecule has 2 rings (SSSR count). The third kappa shape index (κ3) is 4.16. The summed E-state index contributed by atoms with van der Waals surface area (Å²) in [6, 6.07) is 6.98. The molecule has 5 nitrogen and oxygen atoms in total. The average Bonchev–Trinajstić information content (AvgIpc) is 2.99. The van der Waals surface area contributed by atoms with Gasteiger partial charge in [0.2, 0.25) is 5.91 Å². The topological polar surface area (TPSA) is 64.6 Å². The van der Waals surface area contributed by atoms with E-state index in [1.807, 2.05) is 0 Å². The highest BCUT2D eigenvalue weighted by molar-refractivity contribution is 8.00. The van der Waals surface area contributed by atoms with Gasteiger partial charge >= 0.3 is 5.97 Å². The first-order valence-corrected chi connectivity index (χ1v) is 7.46. The Balaban J connectivity index is 1.91. The van der Waals surface area contributed by atoms with E-state index in [9.17, 15) is 9.59 Å². The van der Waals surface area contributed by atoms with Gasteiger partial charge in [-0.1, -0.05) is 6.07 Å². The molecule has 1 aromatic rings. The van der Waals surface area contributed by atoms with Crippen LogP contribution in [-0.4, -0.2) is 36.6 Å². The molecule has 1 fully saturated rings. The van der Waals surface area contributed by atoms with E-state index in [4.69, 9.17) is 4.74 Å². The summed E-state index contributed by atoms with van der Waals surface area (Å²) in [5.74, 6) is 1.15. The van der Waals surface area contributed by atoms with Crippen LogP contribution in [-0.2, 0) is 14.3 Å². The van der Waals surface area contributed by atoms with Gasteiger partial charge in [0.05, 0.1) is 12.4 Å². The van der Waals surface area contributed by atoms with Crippen molar-refractivity contribution in [2.45, 2.75) is 18.1 Å². The van der Waals surface area contributed by atoms with Crippen LogP contribution in [0, 0.1) is 0 Å². The predicted octanol–water partition coefficient (Wildman–Crippen LogP) is 2.07. The van der Waals surface area contributed by atoms with Crippen molar-refractivity contribution in [1.29, 1.82) is 0 Å². The van der Waals surface area contributed by atoms with E-state index in [1.54, 1.807) is 36.0 Å². The second-order valence-electron chi connectivity index (χ2n) is 4.38. The molecule has 108 valence electrons. The average molecular weight is 295 g/mol. The first-order valence-electron chi connectivity index (χ1n) is 6.41. The van der Waals surface area contributed by atoms with Gasteiger partial charge in [0.1, 0.15) is 5.75 Å². The van der Waals surface area contributed by atoms with Crippen LogP contribution in [0.5, 0.6) is 5.75 Å². The Labute approximate surface area is 122 Å². The minimum absolute atomic E-state index is 0.0256. The summed E-state index contributed by atoms with van der Waals surface area (Å²) < 4.78 is 9.77. The SMILES string of the molecule is COC(=O)COc1cccc(NC(=O)C2CCCS2)c1. The second-order valence-corrected chi connectivity index (χ2v) is 5.69. The predicted molar refractivity (Wildman–Crippen MR) is 78.1 cm³/mol. The quantitative estimate of drug-likeness (QED) is 0.843. The van der Waals surface area contributed by atoms with Gasteiger partial charge in [-0.15, -0.1) is 11.8 Å². The molecule has 1 amide bonds. The number of thioether (sulfide) groups is 1. The maximum Gasteiger partial charge on any atom is 0.343 e. The Morgan fingerprint density at radius 2 is 2.30 bits per heavy atom. The van der Waals surface area contributed by atoms with Crippen LogP contribution in [0.2, 0.25) is 0 Å². The summed E-state index contributed by atoms with van der Waals surface area (Å²) in [5, 5.41) is 2.91. The highest BCUT2D eigenvalue weighted by atomic mass is 32.2. The van der Waals surface area contributed by atoms with E-state index >= 15 is 0 Å². The zero-order chi connectivity index (χ0) is 14.4. The lowest BCUT2D eigenvalue weighted by Crippen LogP contribution is -2.22. The summed E-state index contributed by atoms with van der Waals surface area (Å²) in [4.78, 5) is 23.0. The molecule has 1 atom stereocenters. The molecule has 20 heavy (non-hydrogen) atoms. The lowest BCUT2D eigenvalue weighted by atomic mass is 10.2. The number of carbonyl (C=O) groups is 2. The molecule has 1 saturated heterocycles. The second kappa shape index (κ2) is 7.19. The molecule has 1 aliphatic rings. The fourth-order valence-electron chi connectivity index (χ4n) is 1.87. The Kier molecular flexibility index (Phi) is 5.29. The monoisotopic (exact) mass is 295 g/mol. The van der Waals surface area contributed by atoms with Crippen LogP contribution in [0.4, 0.5) is 5.69 Å². The summed E-state index contributed by atoms with van der Waals surface area (Å²) in [6.07, 6.45) is 2.01. The molecule has 0 saturated carbocycles. The summed E-state index contributed by atoms with van der Waals surface area (Å²) in [5.41, 5.74) is 0.671. The zero-order valence-corrected chi connectivity index (χ0v) is 12.1. The van der Waals surface area contributed by atoms with Gasteiger partial charge in [-0.05, 0) is 30.7 Å². The van der Waals surface area contributed by atoms with Gasteiger partial charge in [0.25, 0.3) is 0 Å². The summed E-state index contributed by atoms with van der Waals surface area (Å²) in [6.45, 7) is -0.146. The standard InChI is InChI=1S/C14H17NO4S/c1-18-13(16)9-19-11-5-2-4-10(8-11)15-14(17)12-6-3-7-20-12/h2,4-5,8,12H,3,6-7,9H2,1H3,(H,15,17). The fourth-order valence-corrected chi connectivity index (χ4v) is 3.03. The maximum absolute atomic E-state index is 12.0. The number of rotatable bonds is 5. The van der Waals surface area contributed by atoms with Crippen LogP contribution in [0.1, 0.15) is 12.8 Å². The number of ether oxygens (including phenoxy) is 2. The minimum atomic E-state index is -0.443. The molecule has 1 N–H and O–H groups in total. The van der Waals surface area contributed by atoms with Gasteiger partial charge in [0, 0.05) is 11.8 Å². The Hall–Kier alpha value is -1.69. The molecule has 1 aliphatic heterocycles. The summed E-state index contributed by atoms with van der Waals surface area (Å²) in [7, 11) is 1.31. The first-order chi connectivity index (χ1) is 9.69. The van der Waals surface area contributed by atoms with Gasteiger partial charge in [0.15, 0.2) is 6.61 Å². The van der Waals surface area contributed by atoms with E-state index < -0.39 is 5.97 Å². The number of carbonyl (C=O) groups excluding carboxylic acids is 2. The lowest BCUT2D eigenvalue weighted by Gasteiger charge is -2.11. The van der Waals surface area contributed by atoms with Crippen molar-refractivity contribution < 1.29 is 19.1 Å². The smallest absolute Gasteiger partial charge is 0.343 e. The van der Waals surface area contributed by atoms with E-state index in [2.05, 4.69) is 10.1 Å². The molecular weight excluding hydrogens is 278 g/mol. The van der Waals surface area contributed by atoms with Gasteiger partial charge in [-0.25, -0.2) is 4.79 Å². The van der Waals surface area contributed by atoms with E-state index in [0.717, 1.165) is 18.6 Å². The van der Waals surface area contributed by atoms with Gasteiger partial charge < -0.3 is 14.8 Å². The molecule has 0 bridgehead atoms. The van der Waals surface area contributed by atoms with Crippen LogP contribution in [0.3, 0.4) is 0 Å². The van der Waals surface area contributed by atoms with Crippen LogP contribution in [0.25, 0.3) is 0 Å². The number of hydrogen-bond donors (Lipinski definition) is 1. The van der Waals surface area contributed by atoms with Crippen molar-refractivity contribution in [3.05, 3.63) is 24.3 Å². The van der Waals surface area contributed by atoms with E-state index in [1.165, 1.54) is 7.11 Å². The van der Waals surface area contributed by atoms with Crippen molar-refractivity contribution >= 4 is 29.3 Å². The van der Waals surface area contributed by atoms with Crippen LogP contribution in [0.15, 0.2) is 24.3 Å². The number of methoxy groups -OCH3 is 1. The number of nitrogens with one attached hydrogen (secondary N) is 1. The van der Waals surface area contributed by atoms with Crippen molar-refractivity contribution in [2.24, 2.45) is 0 Å². The Morgan fingerprint density at radius 3 is 3.00 bits per heavy atom. The minimum Gasteiger partial charge on any atom is -0.482 e.